The monoisotopic (exact) mass is 286 g/mol. The van der Waals surface area contributed by atoms with Gasteiger partial charge in [0.25, 0.3) is 5.91 Å². The molecule has 2 N–H and O–H groups in total. The van der Waals surface area contributed by atoms with Crippen LogP contribution in [0.1, 0.15) is 34.9 Å². The first-order chi connectivity index (χ1) is 10.3. The number of hydrogen-bond acceptors (Lipinski definition) is 5. The van der Waals surface area contributed by atoms with E-state index in [9.17, 15) is 4.79 Å². The van der Waals surface area contributed by atoms with Crippen LogP contribution in [-0.4, -0.2) is 46.4 Å². The van der Waals surface area contributed by atoms with Gasteiger partial charge in [0.15, 0.2) is 11.5 Å². The first-order valence-electron chi connectivity index (χ1n) is 7.08. The van der Waals surface area contributed by atoms with Gasteiger partial charge in [-0.3, -0.25) is 9.89 Å². The Kier molecular flexibility index (Phi) is 3.81. The van der Waals surface area contributed by atoms with Crippen molar-refractivity contribution in [3.05, 3.63) is 35.8 Å². The van der Waals surface area contributed by atoms with E-state index in [4.69, 9.17) is 0 Å². The maximum Gasteiger partial charge on any atom is 0.271 e. The van der Waals surface area contributed by atoms with Crippen molar-refractivity contribution in [2.75, 3.05) is 25.0 Å². The lowest BCUT2D eigenvalue weighted by Crippen LogP contribution is -2.34. The molecule has 2 aromatic rings. The van der Waals surface area contributed by atoms with Crippen LogP contribution in [0.25, 0.3) is 0 Å². The van der Waals surface area contributed by atoms with E-state index < -0.39 is 0 Å². The minimum absolute atomic E-state index is 0.216. The summed E-state index contributed by atoms with van der Waals surface area (Å²) in [6, 6.07) is 5.61. The van der Waals surface area contributed by atoms with Gasteiger partial charge in [-0.2, -0.15) is 5.10 Å². The fourth-order valence-electron chi connectivity index (χ4n) is 2.66. The number of rotatable bonds is 3. The number of H-pyrrole nitrogens is 1. The number of carbonyl (C=O) groups excluding carboxylic acids is 1. The Balaban J connectivity index is 1.63. The van der Waals surface area contributed by atoms with Gasteiger partial charge in [-0.05, 0) is 31.0 Å². The van der Waals surface area contributed by atoms with Crippen molar-refractivity contribution < 1.29 is 4.79 Å². The number of nitrogens with one attached hydrogen (secondary N) is 2. The number of aromatic amines is 1. The van der Waals surface area contributed by atoms with Crippen molar-refractivity contribution in [3.8, 4) is 0 Å². The Bertz CT molecular complexity index is 586. The molecule has 0 atom stereocenters. The maximum absolute atomic E-state index is 11.4. The van der Waals surface area contributed by atoms with Crippen LogP contribution in [0, 0.1) is 0 Å². The number of nitrogens with zero attached hydrogens (tertiary/aromatic N) is 4. The Hall–Kier alpha value is -2.44. The molecule has 0 unspecified atom stereocenters. The number of hydrogen-bond donors (Lipinski definition) is 2. The van der Waals surface area contributed by atoms with Crippen molar-refractivity contribution in [1.29, 1.82) is 0 Å². The SMILES string of the molecule is CNC(=O)c1ccc(N2CCC(c3ccn[nH]3)CC2)nn1. The van der Waals surface area contributed by atoms with E-state index in [2.05, 4.69) is 30.6 Å². The van der Waals surface area contributed by atoms with Crippen LogP contribution in [0.5, 0.6) is 0 Å². The average molecular weight is 286 g/mol. The first-order valence-corrected chi connectivity index (χ1v) is 7.08. The summed E-state index contributed by atoms with van der Waals surface area (Å²) in [4.78, 5) is 13.6. The maximum atomic E-state index is 11.4. The first kappa shape index (κ1) is 13.5. The second-order valence-corrected chi connectivity index (χ2v) is 5.13. The molecule has 1 fully saturated rings. The molecule has 1 aliphatic heterocycles. The van der Waals surface area contributed by atoms with Gasteiger partial charge in [0.2, 0.25) is 0 Å². The van der Waals surface area contributed by atoms with Gasteiger partial charge in [0.1, 0.15) is 0 Å². The van der Waals surface area contributed by atoms with Crippen molar-refractivity contribution in [1.82, 2.24) is 25.7 Å². The molecule has 110 valence electrons. The van der Waals surface area contributed by atoms with Crippen LogP contribution >= 0.6 is 0 Å². The second-order valence-electron chi connectivity index (χ2n) is 5.13. The summed E-state index contributed by atoms with van der Waals surface area (Å²) in [6.07, 6.45) is 3.91. The number of amides is 1. The van der Waals surface area contributed by atoms with Gasteiger partial charge in [0, 0.05) is 37.9 Å². The molecule has 0 spiro atoms. The summed E-state index contributed by atoms with van der Waals surface area (Å²) in [7, 11) is 1.58. The molecule has 0 saturated carbocycles. The predicted octanol–water partition coefficient (Wildman–Crippen LogP) is 0.943. The Morgan fingerprint density at radius 1 is 1.29 bits per heavy atom. The zero-order valence-corrected chi connectivity index (χ0v) is 11.9. The highest BCUT2D eigenvalue weighted by Gasteiger charge is 2.22. The largest absolute Gasteiger partial charge is 0.355 e. The summed E-state index contributed by atoms with van der Waals surface area (Å²) in [5.74, 6) is 1.14. The Morgan fingerprint density at radius 3 is 2.67 bits per heavy atom. The normalized spacial score (nSPS) is 16.0. The number of anilines is 1. The van der Waals surface area contributed by atoms with E-state index in [-0.39, 0.29) is 5.91 Å². The minimum atomic E-state index is -0.216. The highest BCUT2D eigenvalue weighted by atomic mass is 16.1. The van der Waals surface area contributed by atoms with Crippen LogP contribution in [0.4, 0.5) is 5.82 Å². The van der Waals surface area contributed by atoms with E-state index in [1.807, 2.05) is 12.1 Å². The van der Waals surface area contributed by atoms with E-state index in [0.717, 1.165) is 31.7 Å². The van der Waals surface area contributed by atoms with Gasteiger partial charge in [-0.25, -0.2) is 0 Å². The van der Waals surface area contributed by atoms with Gasteiger partial charge in [0.05, 0.1) is 0 Å². The lowest BCUT2D eigenvalue weighted by atomic mass is 9.94. The van der Waals surface area contributed by atoms with E-state index in [0.29, 0.717) is 11.6 Å². The zero-order valence-electron chi connectivity index (χ0n) is 11.9. The molecule has 0 radical (unpaired) electrons. The van der Waals surface area contributed by atoms with Crippen LogP contribution in [0.15, 0.2) is 24.4 Å². The van der Waals surface area contributed by atoms with Crippen molar-refractivity contribution in [2.45, 2.75) is 18.8 Å². The summed E-state index contributed by atoms with van der Waals surface area (Å²) < 4.78 is 0. The van der Waals surface area contributed by atoms with E-state index in [1.165, 1.54) is 5.69 Å². The summed E-state index contributed by atoms with van der Waals surface area (Å²) in [6.45, 7) is 1.86. The third kappa shape index (κ3) is 2.86. The van der Waals surface area contributed by atoms with Crippen LogP contribution in [0.3, 0.4) is 0 Å². The smallest absolute Gasteiger partial charge is 0.271 e. The number of aromatic nitrogens is 4. The van der Waals surface area contributed by atoms with Crippen LogP contribution < -0.4 is 10.2 Å². The molecule has 7 heteroatoms. The molecule has 0 bridgehead atoms. The van der Waals surface area contributed by atoms with E-state index in [1.54, 1.807) is 19.3 Å². The quantitative estimate of drug-likeness (QED) is 0.877. The molecule has 3 rings (SSSR count). The molecule has 21 heavy (non-hydrogen) atoms. The highest BCUT2D eigenvalue weighted by Crippen LogP contribution is 2.28. The molecule has 0 aromatic carbocycles. The minimum Gasteiger partial charge on any atom is -0.355 e. The van der Waals surface area contributed by atoms with Crippen LogP contribution in [-0.2, 0) is 0 Å². The fraction of sp³-hybridized carbons (Fsp3) is 0.429. The van der Waals surface area contributed by atoms with Gasteiger partial charge in [-0.15, -0.1) is 10.2 Å². The van der Waals surface area contributed by atoms with Gasteiger partial charge in [-0.1, -0.05) is 0 Å². The number of carbonyl (C=O) groups is 1. The summed E-state index contributed by atoms with van der Waals surface area (Å²) >= 11 is 0. The topological polar surface area (TPSA) is 86.8 Å². The van der Waals surface area contributed by atoms with Crippen LogP contribution in [0.2, 0.25) is 0 Å². The lowest BCUT2D eigenvalue weighted by Gasteiger charge is -2.31. The molecular weight excluding hydrogens is 268 g/mol. The summed E-state index contributed by atoms with van der Waals surface area (Å²) in [5, 5.41) is 17.7. The predicted molar refractivity (Wildman–Crippen MR) is 78.2 cm³/mol. The third-order valence-electron chi connectivity index (χ3n) is 3.89. The van der Waals surface area contributed by atoms with Crippen molar-refractivity contribution in [3.63, 3.8) is 0 Å². The average Bonchev–Trinajstić information content (AvgIpc) is 3.09. The summed E-state index contributed by atoms with van der Waals surface area (Å²) in [5.41, 5.74) is 1.55. The second kappa shape index (κ2) is 5.90. The molecular formula is C14H18N6O. The standard InChI is InChI=1S/C14H18N6O/c1-15-14(21)12-2-3-13(19-18-12)20-8-5-10(6-9-20)11-4-7-16-17-11/h2-4,7,10H,5-6,8-9H2,1H3,(H,15,21)(H,16,17). The third-order valence-corrected chi connectivity index (χ3v) is 3.89. The lowest BCUT2D eigenvalue weighted by molar-refractivity contribution is 0.0957. The van der Waals surface area contributed by atoms with Crippen molar-refractivity contribution >= 4 is 11.7 Å². The Morgan fingerprint density at radius 2 is 2.10 bits per heavy atom. The molecule has 2 aromatic heterocycles. The van der Waals surface area contributed by atoms with Gasteiger partial charge < -0.3 is 10.2 Å². The highest BCUT2D eigenvalue weighted by molar-refractivity contribution is 5.91. The fourth-order valence-corrected chi connectivity index (χ4v) is 2.66. The van der Waals surface area contributed by atoms with E-state index >= 15 is 0 Å². The molecule has 7 nitrogen and oxygen atoms in total. The zero-order chi connectivity index (χ0) is 14.7. The molecule has 1 saturated heterocycles. The molecule has 1 aliphatic rings. The Labute approximate surface area is 122 Å². The molecule has 3 heterocycles. The number of piperidine rings is 1. The molecule has 0 aliphatic carbocycles. The van der Waals surface area contributed by atoms with Gasteiger partial charge >= 0.3 is 0 Å². The van der Waals surface area contributed by atoms with Crippen molar-refractivity contribution in [2.24, 2.45) is 0 Å². The molecule has 1 amide bonds.